The molecule has 0 fully saturated rings. The molecule has 0 aliphatic rings. The van der Waals surface area contributed by atoms with E-state index in [1.54, 1.807) is 18.2 Å². The molecule has 2 aromatic rings. The Hall–Kier alpha value is -1.46. The van der Waals surface area contributed by atoms with Crippen LogP contribution in [0, 0.1) is 11.7 Å². The molecule has 1 heterocycles. The molecule has 0 radical (unpaired) electrons. The van der Waals surface area contributed by atoms with Crippen molar-refractivity contribution in [1.29, 1.82) is 0 Å². The summed E-state index contributed by atoms with van der Waals surface area (Å²) in [5, 5.41) is 3.31. The molecule has 0 spiro atoms. The Bertz CT molecular complexity index is 605. The van der Waals surface area contributed by atoms with Crippen LogP contribution in [0.3, 0.4) is 0 Å². The van der Waals surface area contributed by atoms with Gasteiger partial charge >= 0.3 is 0 Å². The highest BCUT2D eigenvalue weighted by Gasteiger charge is 2.07. The Labute approximate surface area is 132 Å². The zero-order valence-electron chi connectivity index (χ0n) is 12.1. The van der Waals surface area contributed by atoms with Crippen molar-refractivity contribution in [1.82, 2.24) is 10.3 Å². The number of hydrogen-bond donors (Lipinski definition) is 1. The van der Waals surface area contributed by atoms with E-state index in [0.29, 0.717) is 18.3 Å². The Balaban J connectivity index is 2.05. The first-order chi connectivity index (χ1) is 10.0. The molecule has 2 rings (SSSR count). The third-order valence-corrected chi connectivity index (χ3v) is 3.24. The Morgan fingerprint density at radius 1 is 1.29 bits per heavy atom. The van der Waals surface area contributed by atoms with Crippen LogP contribution in [-0.4, -0.2) is 11.5 Å². The largest absolute Gasteiger partial charge is 0.436 e. The van der Waals surface area contributed by atoms with E-state index in [9.17, 15) is 4.39 Å². The fraction of sp³-hybridized carbons (Fsp3) is 0.312. The number of pyridine rings is 1. The summed E-state index contributed by atoms with van der Waals surface area (Å²) in [6, 6.07) is 10.0. The van der Waals surface area contributed by atoms with E-state index in [1.165, 1.54) is 6.07 Å². The maximum Gasteiger partial charge on any atom is 0.219 e. The number of nitrogens with zero attached hydrogens (tertiary/aromatic N) is 1. The molecule has 0 saturated carbocycles. The maximum absolute atomic E-state index is 13.7. The second-order valence-corrected chi connectivity index (χ2v) is 6.08. The number of halogens is 2. The van der Waals surface area contributed by atoms with E-state index >= 15 is 0 Å². The fourth-order valence-electron chi connectivity index (χ4n) is 1.77. The van der Waals surface area contributed by atoms with E-state index < -0.39 is 5.82 Å². The number of ether oxygens (including phenoxy) is 1. The molecule has 1 N–H and O–H groups in total. The molecule has 21 heavy (non-hydrogen) atoms. The van der Waals surface area contributed by atoms with Crippen LogP contribution in [0.15, 0.2) is 40.9 Å². The molecule has 0 bridgehead atoms. The first-order valence-corrected chi connectivity index (χ1v) is 7.63. The minimum absolute atomic E-state index is 0.157. The molecule has 0 aliphatic carbocycles. The van der Waals surface area contributed by atoms with Gasteiger partial charge in [-0.05, 0) is 36.7 Å². The van der Waals surface area contributed by atoms with Gasteiger partial charge in [0, 0.05) is 17.1 Å². The van der Waals surface area contributed by atoms with Gasteiger partial charge in [0.25, 0.3) is 0 Å². The van der Waals surface area contributed by atoms with Crippen LogP contribution in [0.1, 0.15) is 19.5 Å². The molecule has 5 heteroatoms. The average molecular weight is 353 g/mol. The predicted octanol–water partition coefficient (Wildman–Crippen LogP) is 4.52. The second kappa shape index (κ2) is 7.52. The summed E-state index contributed by atoms with van der Waals surface area (Å²) < 4.78 is 19.9. The van der Waals surface area contributed by atoms with Crippen molar-refractivity contribution in [3.8, 4) is 11.6 Å². The molecular formula is C16H18BrFN2O. The molecule has 3 nitrogen and oxygen atoms in total. The van der Waals surface area contributed by atoms with Gasteiger partial charge in [-0.1, -0.05) is 35.8 Å². The Morgan fingerprint density at radius 3 is 2.86 bits per heavy atom. The summed E-state index contributed by atoms with van der Waals surface area (Å²) in [6.07, 6.45) is 0. The number of nitrogens with one attached hydrogen (secondary N) is 1. The molecule has 0 saturated heterocycles. The maximum atomic E-state index is 13.7. The highest BCUT2D eigenvalue weighted by Crippen LogP contribution is 2.26. The van der Waals surface area contributed by atoms with E-state index in [1.807, 2.05) is 12.1 Å². The molecule has 112 valence electrons. The van der Waals surface area contributed by atoms with E-state index in [2.05, 4.69) is 40.1 Å². The molecule has 0 unspecified atom stereocenters. The zero-order chi connectivity index (χ0) is 15.2. The van der Waals surface area contributed by atoms with Gasteiger partial charge < -0.3 is 10.1 Å². The predicted molar refractivity (Wildman–Crippen MR) is 85.0 cm³/mol. The van der Waals surface area contributed by atoms with Gasteiger partial charge in [0.2, 0.25) is 5.88 Å². The lowest BCUT2D eigenvalue weighted by Gasteiger charge is -2.09. The SMILES string of the molecule is CC(C)CNCc1cccc(Oc2cc(Br)ccc2F)n1. The van der Waals surface area contributed by atoms with E-state index in [0.717, 1.165) is 16.7 Å². The summed E-state index contributed by atoms with van der Waals surface area (Å²) in [4.78, 5) is 4.37. The zero-order valence-corrected chi connectivity index (χ0v) is 13.7. The topological polar surface area (TPSA) is 34.1 Å². The van der Waals surface area contributed by atoms with Gasteiger partial charge in [0.05, 0.1) is 5.69 Å². The number of hydrogen-bond acceptors (Lipinski definition) is 3. The van der Waals surface area contributed by atoms with Gasteiger partial charge in [-0.25, -0.2) is 9.37 Å². The van der Waals surface area contributed by atoms with Gasteiger partial charge in [-0.3, -0.25) is 0 Å². The van der Waals surface area contributed by atoms with Crippen molar-refractivity contribution < 1.29 is 9.13 Å². The van der Waals surface area contributed by atoms with Crippen LogP contribution >= 0.6 is 15.9 Å². The van der Waals surface area contributed by atoms with Crippen molar-refractivity contribution >= 4 is 15.9 Å². The molecule has 1 aromatic heterocycles. The lowest BCUT2D eigenvalue weighted by atomic mass is 10.2. The lowest BCUT2D eigenvalue weighted by Crippen LogP contribution is -2.19. The standard InChI is InChI=1S/C16H18BrFN2O/c1-11(2)9-19-10-13-4-3-5-16(20-13)21-15-8-12(17)6-7-14(15)18/h3-8,11,19H,9-10H2,1-2H3. The molecule has 0 amide bonds. The van der Waals surface area contributed by atoms with Gasteiger partial charge in [0.1, 0.15) is 0 Å². The number of aromatic nitrogens is 1. The monoisotopic (exact) mass is 352 g/mol. The van der Waals surface area contributed by atoms with Crippen molar-refractivity contribution in [2.75, 3.05) is 6.54 Å². The molecule has 0 atom stereocenters. The molecular weight excluding hydrogens is 335 g/mol. The van der Waals surface area contributed by atoms with Crippen LogP contribution in [0.25, 0.3) is 0 Å². The first-order valence-electron chi connectivity index (χ1n) is 6.84. The normalized spacial score (nSPS) is 10.9. The lowest BCUT2D eigenvalue weighted by molar-refractivity contribution is 0.424. The van der Waals surface area contributed by atoms with Crippen LogP contribution < -0.4 is 10.1 Å². The van der Waals surface area contributed by atoms with Crippen molar-refractivity contribution in [2.45, 2.75) is 20.4 Å². The smallest absolute Gasteiger partial charge is 0.219 e. The van der Waals surface area contributed by atoms with Gasteiger partial charge in [-0.2, -0.15) is 0 Å². The summed E-state index contributed by atoms with van der Waals surface area (Å²) in [7, 11) is 0. The van der Waals surface area contributed by atoms with Crippen molar-refractivity contribution in [3.05, 3.63) is 52.4 Å². The average Bonchev–Trinajstić information content (AvgIpc) is 2.43. The fourth-order valence-corrected chi connectivity index (χ4v) is 2.11. The second-order valence-electron chi connectivity index (χ2n) is 5.17. The minimum Gasteiger partial charge on any atom is -0.436 e. The van der Waals surface area contributed by atoms with E-state index in [-0.39, 0.29) is 5.75 Å². The third-order valence-electron chi connectivity index (χ3n) is 2.75. The minimum atomic E-state index is -0.414. The summed E-state index contributed by atoms with van der Waals surface area (Å²) >= 11 is 3.29. The first kappa shape index (κ1) is 15.9. The van der Waals surface area contributed by atoms with Gasteiger partial charge in [0.15, 0.2) is 11.6 Å². The Morgan fingerprint density at radius 2 is 2.10 bits per heavy atom. The van der Waals surface area contributed by atoms with Crippen molar-refractivity contribution in [3.63, 3.8) is 0 Å². The highest BCUT2D eigenvalue weighted by atomic mass is 79.9. The summed E-state index contributed by atoms with van der Waals surface area (Å²) in [5.74, 6) is 0.712. The number of rotatable bonds is 6. The quantitative estimate of drug-likeness (QED) is 0.829. The molecule has 0 aliphatic heterocycles. The Kier molecular flexibility index (Phi) is 5.70. The third kappa shape index (κ3) is 5.10. The van der Waals surface area contributed by atoms with Crippen molar-refractivity contribution in [2.24, 2.45) is 5.92 Å². The van der Waals surface area contributed by atoms with Crippen LogP contribution in [-0.2, 0) is 6.54 Å². The van der Waals surface area contributed by atoms with Gasteiger partial charge in [-0.15, -0.1) is 0 Å². The molecule has 1 aromatic carbocycles. The van der Waals surface area contributed by atoms with Crippen LogP contribution in [0.5, 0.6) is 11.6 Å². The number of benzene rings is 1. The summed E-state index contributed by atoms with van der Waals surface area (Å²) in [5.41, 5.74) is 0.864. The van der Waals surface area contributed by atoms with E-state index in [4.69, 9.17) is 4.74 Å². The van der Waals surface area contributed by atoms with Crippen LogP contribution in [0.4, 0.5) is 4.39 Å². The highest BCUT2D eigenvalue weighted by molar-refractivity contribution is 9.10. The van der Waals surface area contributed by atoms with Crippen LogP contribution in [0.2, 0.25) is 0 Å². The summed E-state index contributed by atoms with van der Waals surface area (Å²) in [6.45, 7) is 5.88.